The van der Waals surface area contributed by atoms with E-state index in [4.69, 9.17) is 5.73 Å². The molecule has 0 spiro atoms. The molecule has 0 saturated carbocycles. The number of halogens is 1. The molecule has 4 nitrogen and oxygen atoms in total. The van der Waals surface area contributed by atoms with Gasteiger partial charge in [0, 0.05) is 23.9 Å². The number of hydrogen-bond acceptors (Lipinski definition) is 4. The van der Waals surface area contributed by atoms with Gasteiger partial charge in [-0.05, 0) is 36.4 Å². The monoisotopic (exact) mass is 398 g/mol. The molecule has 0 aromatic heterocycles. The van der Waals surface area contributed by atoms with Crippen LogP contribution in [0.4, 0.5) is 0 Å². The first-order chi connectivity index (χ1) is 11.6. The molecule has 2 N–H and O–H groups in total. The average Bonchev–Trinajstić information content (AvgIpc) is 3.07. The van der Waals surface area contributed by atoms with Gasteiger partial charge in [-0.2, -0.15) is 4.31 Å². The lowest BCUT2D eigenvalue weighted by Gasteiger charge is -2.18. The third-order valence-electron chi connectivity index (χ3n) is 4.62. The van der Waals surface area contributed by atoms with Crippen molar-refractivity contribution in [3.63, 3.8) is 0 Å². The Morgan fingerprint density at radius 2 is 1.72 bits per heavy atom. The lowest BCUT2D eigenvalue weighted by Crippen LogP contribution is -2.30. The maximum absolute atomic E-state index is 13.1. The van der Waals surface area contributed by atoms with Crippen LogP contribution in [0.3, 0.4) is 0 Å². The highest BCUT2D eigenvalue weighted by Crippen LogP contribution is 2.36. The van der Waals surface area contributed by atoms with Crippen LogP contribution >= 0.6 is 24.2 Å². The molecule has 0 amide bonds. The van der Waals surface area contributed by atoms with Crippen LogP contribution in [-0.4, -0.2) is 38.6 Å². The quantitative estimate of drug-likeness (QED) is 0.785. The minimum absolute atomic E-state index is 0. The topological polar surface area (TPSA) is 63.4 Å². The normalized spacial score (nSPS) is 21.0. The molecular weight excluding hydrogens is 376 g/mol. The van der Waals surface area contributed by atoms with Gasteiger partial charge in [0.1, 0.15) is 0 Å². The zero-order valence-electron chi connectivity index (χ0n) is 14.0. The summed E-state index contributed by atoms with van der Waals surface area (Å²) in [6.45, 7) is 1.44. The van der Waals surface area contributed by atoms with Crippen LogP contribution < -0.4 is 5.73 Å². The molecule has 1 saturated heterocycles. The Labute approximate surface area is 160 Å². The molecule has 2 aromatic rings. The molecule has 1 fully saturated rings. The average molecular weight is 399 g/mol. The predicted octanol–water partition coefficient (Wildman–Crippen LogP) is 3.19. The number of benzene rings is 2. The molecule has 0 unspecified atom stereocenters. The largest absolute Gasteiger partial charge is 0.330 e. The summed E-state index contributed by atoms with van der Waals surface area (Å²) < 4.78 is 27.8. The van der Waals surface area contributed by atoms with Gasteiger partial charge in [-0.1, -0.05) is 42.5 Å². The van der Waals surface area contributed by atoms with Crippen molar-refractivity contribution in [3.05, 3.63) is 60.2 Å². The maximum atomic E-state index is 13.1. The number of hydrogen-bond donors (Lipinski definition) is 1. The molecule has 7 heteroatoms. The van der Waals surface area contributed by atoms with Crippen LogP contribution in [0.15, 0.2) is 64.4 Å². The van der Waals surface area contributed by atoms with Crippen molar-refractivity contribution in [1.29, 1.82) is 0 Å². The highest BCUT2D eigenvalue weighted by molar-refractivity contribution is 7.99. The first-order valence-electron chi connectivity index (χ1n) is 7.96. The number of nitrogens with zero attached hydrogens (tertiary/aromatic N) is 1. The molecule has 1 heterocycles. The fraction of sp³-hybridized carbons (Fsp3) is 0.333. The molecule has 1 aliphatic heterocycles. The zero-order valence-corrected chi connectivity index (χ0v) is 16.5. The Morgan fingerprint density at radius 3 is 2.36 bits per heavy atom. The number of sulfonamides is 1. The van der Waals surface area contributed by atoms with E-state index in [-0.39, 0.29) is 24.2 Å². The molecule has 3 rings (SSSR count). The van der Waals surface area contributed by atoms with Crippen molar-refractivity contribution in [2.75, 3.05) is 25.9 Å². The standard InChI is InChI=1S/C18H22N2O2S2.ClH/c1-23-17-9-5-6-10-18(17)24(21,22)20-12-15(11-19)16(13-20)14-7-3-2-4-8-14;/h2-10,15-16H,11-13,19H2,1H3;1H/t15-,16+;/m1./s1. The van der Waals surface area contributed by atoms with Crippen molar-refractivity contribution in [3.8, 4) is 0 Å². The number of nitrogens with two attached hydrogens (primary N) is 1. The van der Waals surface area contributed by atoms with E-state index in [2.05, 4.69) is 12.1 Å². The summed E-state index contributed by atoms with van der Waals surface area (Å²) in [7, 11) is -3.51. The zero-order chi connectivity index (χ0) is 17.2. The molecular formula is C18H23ClN2O2S2. The molecule has 2 aromatic carbocycles. The Hall–Kier alpha value is -1.05. The van der Waals surface area contributed by atoms with Gasteiger partial charge < -0.3 is 5.73 Å². The van der Waals surface area contributed by atoms with Crippen molar-refractivity contribution < 1.29 is 8.42 Å². The molecule has 1 aliphatic rings. The third-order valence-corrected chi connectivity index (χ3v) is 7.44. The van der Waals surface area contributed by atoms with Gasteiger partial charge in [0.25, 0.3) is 0 Å². The molecule has 2 atom stereocenters. The minimum atomic E-state index is -3.51. The van der Waals surface area contributed by atoms with E-state index in [1.54, 1.807) is 16.4 Å². The van der Waals surface area contributed by atoms with Crippen LogP contribution in [0.5, 0.6) is 0 Å². The Morgan fingerprint density at radius 1 is 1.08 bits per heavy atom. The SMILES string of the molecule is CSc1ccccc1S(=O)(=O)N1C[C@@H](CN)[C@H](c2ccccc2)C1.Cl. The van der Waals surface area contributed by atoms with E-state index >= 15 is 0 Å². The second-order valence-electron chi connectivity index (χ2n) is 5.99. The molecule has 0 aliphatic carbocycles. The van der Waals surface area contributed by atoms with E-state index in [1.165, 1.54) is 11.8 Å². The van der Waals surface area contributed by atoms with Crippen LogP contribution in [0.25, 0.3) is 0 Å². The van der Waals surface area contributed by atoms with Crippen LogP contribution in [-0.2, 0) is 10.0 Å². The molecule has 25 heavy (non-hydrogen) atoms. The summed E-state index contributed by atoms with van der Waals surface area (Å²) in [6.07, 6.45) is 1.90. The molecule has 0 bridgehead atoms. The summed E-state index contributed by atoms with van der Waals surface area (Å²) >= 11 is 1.45. The van der Waals surface area contributed by atoms with Gasteiger partial charge in [0.05, 0.1) is 4.90 Å². The third kappa shape index (κ3) is 4.04. The predicted molar refractivity (Wildman–Crippen MR) is 106 cm³/mol. The number of thioether (sulfide) groups is 1. The maximum Gasteiger partial charge on any atom is 0.244 e. The first-order valence-corrected chi connectivity index (χ1v) is 10.6. The van der Waals surface area contributed by atoms with Gasteiger partial charge >= 0.3 is 0 Å². The molecule has 136 valence electrons. The smallest absolute Gasteiger partial charge is 0.244 e. The lowest BCUT2D eigenvalue weighted by atomic mass is 9.89. The Bertz CT molecular complexity index is 800. The van der Waals surface area contributed by atoms with Crippen molar-refractivity contribution >= 4 is 34.2 Å². The second kappa shape index (κ2) is 8.56. The van der Waals surface area contributed by atoms with Crippen molar-refractivity contribution in [1.82, 2.24) is 4.31 Å². The van der Waals surface area contributed by atoms with Crippen LogP contribution in [0.1, 0.15) is 11.5 Å². The van der Waals surface area contributed by atoms with Gasteiger partial charge in [0.15, 0.2) is 0 Å². The van der Waals surface area contributed by atoms with Gasteiger partial charge in [-0.3, -0.25) is 0 Å². The van der Waals surface area contributed by atoms with E-state index in [0.29, 0.717) is 24.5 Å². The molecule has 0 radical (unpaired) electrons. The summed E-state index contributed by atoms with van der Waals surface area (Å²) in [5.74, 6) is 0.288. The van der Waals surface area contributed by atoms with Gasteiger partial charge in [-0.15, -0.1) is 24.2 Å². The van der Waals surface area contributed by atoms with E-state index in [9.17, 15) is 8.42 Å². The summed E-state index contributed by atoms with van der Waals surface area (Å²) in [5.41, 5.74) is 7.09. The Balaban J connectivity index is 0.00000225. The lowest BCUT2D eigenvalue weighted by molar-refractivity contribution is 0.457. The fourth-order valence-electron chi connectivity index (χ4n) is 3.32. The van der Waals surface area contributed by atoms with Crippen molar-refractivity contribution in [2.45, 2.75) is 15.7 Å². The van der Waals surface area contributed by atoms with E-state index in [0.717, 1.165) is 10.5 Å². The van der Waals surface area contributed by atoms with E-state index in [1.807, 2.05) is 36.6 Å². The van der Waals surface area contributed by atoms with Crippen LogP contribution in [0, 0.1) is 5.92 Å². The highest BCUT2D eigenvalue weighted by Gasteiger charge is 2.39. The van der Waals surface area contributed by atoms with Crippen LogP contribution in [0.2, 0.25) is 0 Å². The fourth-order valence-corrected chi connectivity index (χ4v) is 5.96. The minimum Gasteiger partial charge on any atom is -0.330 e. The summed E-state index contributed by atoms with van der Waals surface area (Å²) in [6, 6.07) is 17.2. The Kier molecular flexibility index (Phi) is 6.93. The second-order valence-corrected chi connectivity index (χ2v) is 8.74. The van der Waals surface area contributed by atoms with Gasteiger partial charge in [0.2, 0.25) is 10.0 Å². The van der Waals surface area contributed by atoms with Gasteiger partial charge in [-0.25, -0.2) is 8.42 Å². The number of rotatable bonds is 5. The summed E-state index contributed by atoms with van der Waals surface area (Å²) in [5, 5.41) is 0. The van der Waals surface area contributed by atoms with E-state index < -0.39 is 10.0 Å². The first kappa shape index (κ1) is 20.3. The van der Waals surface area contributed by atoms with Crippen molar-refractivity contribution in [2.24, 2.45) is 11.7 Å². The summed E-state index contributed by atoms with van der Waals surface area (Å²) in [4.78, 5) is 1.17. The highest BCUT2D eigenvalue weighted by atomic mass is 35.5.